The molecule has 2 rings (SSSR count). The molecule has 0 unspecified atom stereocenters. The number of nitrogen functional groups attached to an aromatic ring is 1. The Labute approximate surface area is 125 Å². The molecule has 0 atom stereocenters. The van der Waals surface area contributed by atoms with E-state index in [1.165, 1.54) is 20.0 Å². The van der Waals surface area contributed by atoms with E-state index in [0.29, 0.717) is 23.0 Å². The third kappa shape index (κ3) is 4.07. The molecule has 2 heterocycles. The van der Waals surface area contributed by atoms with Gasteiger partial charge in [0.25, 0.3) is 0 Å². The van der Waals surface area contributed by atoms with Gasteiger partial charge in [-0.2, -0.15) is 0 Å². The molecule has 21 heavy (non-hydrogen) atoms. The van der Waals surface area contributed by atoms with Crippen molar-refractivity contribution < 1.29 is 9.53 Å². The number of methoxy groups -OCH3 is 1. The molecule has 1 aliphatic rings. The average Bonchev–Trinajstić information content (AvgIpc) is 2.53. The van der Waals surface area contributed by atoms with Gasteiger partial charge in [0.05, 0.1) is 19.0 Å². The number of nitrogens with two attached hydrogens (primary N) is 1. The van der Waals surface area contributed by atoms with Crippen molar-refractivity contribution >= 4 is 17.5 Å². The van der Waals surface area contributed by atoms with E-state index in [0.717, 1.165) is 26.2 Å². The summed E-state index contributed by atoms with van der Waals surface area (Å²) >= 11 is 0. The third-order valence-electron chi connectivity index (χ3n) is 4.03. The fourth-order valence-corrected chi connectivity index (χ4v) is 2.64. The number of carbonyl (C=O) groups is 1. The van der Waals surface area contributed by atoms with E-state index in [9.17, 15) is 4.79 Å². The summed E-state index contributed by atoms with van der Waals surface area (Å²) in [7, 11) is 1.36. The summed E-state index contributed by atoms with van der Waals surface area (Å²) in [6.07, 6.45) is 3.89. The van der Waals surface area contributed by atoms with Crippen LogP contribution in [0.2, 0.25) is 0 Å². The summed E-state index contributed by atoms with van der Waals surface area (Å²) in [6.45, 7) is 6.41. The van der Waals surface area contributed by atoms with Crippen LogP contribution >= 0.6 is 0 Å². The van der Waals surface area contributed by atoms with Gasteiger partial charge in [0.2, 0.25) is 0 Å². The van der Waals surface area contributed by atoms with E-state index in [2.05, 4.69) is 22.1 Å². The number of rotatable bonds is 5. The number of aromatic nitrogens is 1. The first-order chi connectivity index (χ1) is 10.1. The molecular formula is C15H24N4O2. The second-order valence-electron chi connectivity index (χ2n) is 5.41. The van der Waals surface area contributed by atoms with Gasteiger partial charge in [-0.05, 0) is 44.5 Å². The number of pyridine rings is 1. The van der Waals surface area contributed by atoms with Crippen LogP contribution in [0.1, 0.15) is 30.1 Å². The van der Waals surface area contributed by atoms with Gasteiger partial charge in [-0.3, -0.25) is 0 Å². The first kappa shape index (κ1) is 15.6. The van der Waals surface area contributed by atoms with E-state index in [1.54, 1.807) is 12.3 Å². The lowest BCUT2D eigenvalue weighted by Crippen LogP contribution is -2.35. The van der Waals surface area contributed by atoms with Crippen LogP contribution in [0.15, 0.2) is 12.3 Å². The van der Waals surface area contributed by atoms with Gasteiger partial charge in [-0.15, -0.1) is 0 Å². The highest BCUT2D eigenvalue weighted by molar-refractivity contribution is 5.95. The van der Waals surface area contributed by atoms with Gasteiger partial charge in [-0.25, -0.2) is 9.78 Å². The zero-order chi connectivity index (χ0) is 15.2. The Bertz CT molecular complexity index is 485. The van der Waals surface area contributed by atoms with Gasteiger partial charge in [0.1, 0.15) is 11.4 Å². The minimum Gasteiger partial charge on any atom is -0.465 e. The lowest BCUT2D eigenvalue weighted by Gasteiger charge is -2.31. The summed E-state index contributed by atoms with van der Waals surface area (Å²) in [6, 6.07) is 1.60. The van der Waals surface area contributed by atoms with Crippen LogP contribution in [-0.2, 0) is 4.74 Å². The molecule has 0 aliphatic carbocycles. The molecule has 1 aromatic rings. The zero-order valence-electron chi connectivity index (χ0n) is 12.8. The lowest BCUT2D eigenvalue weighted by molar-refractivity contribution is 0.0601. The molecule has 3 N–H and O–H groups in total. The molecule has 116 valence electrons. The smallest absolute Gasteiger partial charge is 0.341 e. The normalized spacial score (nSPS) is 16.7. The van der Waals surface area contributed by atoms with Crippen molar-refractivity contribution in [3.8, 4) is 0 Å². The number of carbonyl (C=O) groups excluding carboxylic acids is 1. The average molecular weight is 292 g/mol. The molecule has 0 aromatic carbocycles. The van der Waals surface area contributed by atoms with Gasteiger partial charge < -0.3 is 20.7 Å². The highest BCUT2D eigenvalue weighted by Gasteiger charge is 2.19. The highest BCUT2D eigenvalue weighted by Crippen LogP contribution is 2.20. The highest BCUT2D eigenvalue weighted by atomic mass is 16.5. The molecule has 0 bridgehead atoms. The van der Waals surface area contributed by atoms with Gasteiger partial charge in [0, 0.05) is 6.54 Å². The Morgan fingerprint density at radius 2 is 2.24 bits per heavy atom. The van der Waals surface area contributed by atoms with E-state index < -0.39 is 5.97 Å². The Morgan fingerprint density at radius 1 is 1.52 bits per heavy atom. The number of nitrogens with one attached hydrogen (secondary N) is 1. The number of anilines is 2. The van der Waals surface area contributed by atoms with Crippen molar-refractivity contribution in [3.05, 3.63) is 17.8 Å². The fourth-order valence-electron chi connectivity index (χ4n) is 2.64. The van der Waals surface area contributed by atoms with Crippen LogP contribution in [0.4, 0.5) is 11.5 Å². The SMILES string of the molecule is CCN1CCC(CNc2ncc(N)cc2C(=O)OC)CC1. The molecule has 6 nitrogen and oxygen atoms in total. The van der Waals surface area contributed by atoms with Crippen LogP contribution in [0.5, 0.6) is 0 Å². The molecule has 0 amide bonds. The summed E-state index contributed by atoms with van der Waals surface area (Å²) in [4.78, 5) is 18.4. The van der Waals surface area contributed by atoms with Crippen LogP contribution in [0.3, 0.4) is 0 Å². The summed E-state index contributed by atoms with van der Waals surface area (Å²) in [5.41, 5.74) is 6.53. The second-order valence-corrected chi connectivity index (χ2v) is 5.41. The van der Waals surface area contributed by atoms with Crippen molar-refractivity contribution in [3.63, 3.8) is 0 Å². The number of hydrogen-bond donors (Lipinski definition) is 2. The van der Waals surface area contributed by atoms with Crippen LogP contribution < -0.4 is 11.1 Å². The Balaban J connectivity index is 1.95. The summed E-state index contributed by atoms with van der Waals surface area (Å²) in [5, 5.41) is 3.27. The summed E-state index contributed by atoms with van der Waals surface area (Å²) in [5.74, 6) is 0.740. The van der Waals surface area contributed by atoms with E-state index in [-0.39, 0.29) is 0 Å². The molecule has 1 aromatic heterocycles. The Morgan fingerprint density at radius 3 is 2.86 bits per heavy atom. The molecular weight excluding hydrogens is 268 g/mol. The van der Waals surface area contributed by atoms with Crippen molar-refractivity contribution in [1.29, 1.82) is 0 Å². The van der Waals surface area contributed by atoms with Crippen LogP contribution in [0, 0.1) is 5.92 Å². The monoisotopic (exact) mass is 292 g/mol. The van der Waals surface area contributed by atoms with Gasteiger partial charge in [-0.1, -0.05) is 6.92 Å². The van der Waals surface area contributed by atoms with Crippen molar-refractivity contribution in [2.24, 2.45) is 5.92 Å². The van der Waals surface area contributed by atoms with Crippen LogP contribution in [-0.4, -0.2) is 49.1 Å². The standard InChI is InChI=1S/C15H24N4O2/c1-3-19-6-4-11(5-7-19)9-17-14-13(15(20)21-2)8-12(16)10-18-14/h8,10-11H,3-7,9,16H2,1-2H3,(H,17,18). The number of likely N-dealkylation sites (tertiary alicyclic amines) is 1. The third-order valence-corrected chi connectivity index (χ3v) is 4.03. The quantitative estimate of drug-likeness (QED) is 0.802. The zero-order valence-corrected chi connectivity index (χ0v) is 12.8. The van der Waals surface area contributed by atoms with Crippen molar-refractivity contribution in [2.75, 3.05) is 44.3 Å². The molecule has 0 saturated carbocycles. The van der Waals surface area contributed by atoms with Crippen molar-refractivity contribution in [1.82, 2.24) is 9.88 Å². The molecule has 0 spiro atoms. The second kappa shape index (κ2) is 7.26. The lowest BCUT2D eigenvalue weighted by atomic mass is 9.97. The minimum absolute atomic E-state index is 0.392. The van der Waals surface area contributed by atoms with Crippen LogP contribution in [0.25, 0.3) is 0 Å². The number of piperidine rings is 1. The number of ether oxygens (including phenoxy) is 1. The minimum atomic E-state index is -0.418. The molecule has 6 heteroatoms. The topological polar surface area (TPSA) is 80.5 Å². The number of hydrogen-bond acceptors (Lipinski definition) is 6. The maximum absolute atomic E-state index is 11.8. The molecule has 1 fully saturated rings. The number of nitrogens with zero attached hydrogens (tertiary/aromatic N) is 2. The van der Waals surface area contributed by atoms with Gasteiger partial charge in [0.15, 0.2) is 0 Å². The number of esters is 1. The Hall–Kier alpha value is -1.82. The predicted molar refractivity (Wildman–Crippen MR) is 83.3 cm³/mol. The molecule has 1 aliphatic heterocycles. The largest absolute Gasteiger partial charge is 0.465 e. The summed E-state index contributed by atoms with van der Waals surface area (Å²) < 4.78 is 4.77. The first-order valence-corrected chi connectivity index (χ1v) is 7.44. The van der Waals surface area contributed by atoms with Crippen molar-refractivity contribution in [2.45, 2.75) is 19.8 Å². The molecule has 0 radical (unpaired) electrons. The maximum Gasteiger partial charge on any atom is 0.341 e. The van der Waals surface area contributed by atoms with E-state index in [4.69, 9.17) is 10.5 Å². The van der Waals surface area contributed by atoms with E-state index in [1.807, 2.05) is 0 Å². The molecule has 1 saturated heterocycles. The first-order valence-electron chi connectivity index (χ1n) is 7.44. The fraction of sp³-hybridized carbons (Fsp3) is 0.600. The predicted octanol–water partition coefficient (Wildman–Crippen LogP) is 1.59. The van der Waals surface area contributed by atoms with E-state index >= 15 is 0 Å². The Kier molecular flexibility index (Phi) is 5.38. The maximum atomic E-state index is 11.8. The van der Waals surface area contributed by atoms with Gasteiger partial charge >= 0.3 is 5.97 Å².